The van der Waals surface area contributed by atoms with Gasteiger partial charge in [0.1, 0.15) is 12.6 Å². The van der Waals surface area contributed by atoms with E-state index in [0.29, 0.717) is 0 Å². The summed E-state index contributed by atoms with van der Waals surface area (Å²) in [4.78, 5) is 6.09. The third-order valence-corrected chi connectivity index (χ3v) is 8.93. The molecule has 4 saturated heterocycles. The van der Waals surface area contributed by atoms with Gasteiger partial charge in [-0.3, -0.25) is 0 Å². The van der Waals surface area contributed by atoms with Crippen LogP contribution in [0.3, 0.4) is 0 Å². The fourth-order valence-corrected chi connectivity index (χ4v) is 8.41. The summed E-state index contributed by atoms with van der Waals surface area (Å²) in [6.07, 6.45) is 11.3. The van der Waals surface area contributed by atoms with Crippen LogP contribution in [0.15, 0.2) is 0 Å². The van der Waals surface area contributed by atoms with Crippen LogP contribution in [-0.2, 0) is 0 Å². The van der Waals surface area contributed by atoms with Crippen LogP contribution in [0.1, 0.15) is 79.1 Å². The third kappa shape index (κ3) is 2.49. The van der Waals surface area contributed by atoms with E-state index in [4.69, 9.17) is 0 Å². The number of quaternary nitrogens is 2. The zero-order chi connectivity index (χ0) is 19.1. The van der Waals surface area contributed by atoms with Crippen molar-refractivity contribution in [2.75, 3.05) is 52.4 Å². The van der Waals surface area contributed by atoms with Gasteiger partial charge >= 0.3 is 5.91 Å². The van der Waals surface area contributed by atoms with Gasteiger partial charge in [-0.25, -0.2) is 8.97 Å². The minimum atomic E-state index is 0.260. The highest BCUT2D eigenvalue weighted by molar-refractivity contribution is 4.96. The summed E-state index contributed by atoms with van der Waals surface area (Å²) in [6.45, 7) is 20.7. The molecule has 0 amide bonds. The van der Waals surface area contributed by atoms with E-state index < -0.39 is 0 Å². The van der Waals surface area contributed by atoms with Crippen molar-refractivity contribution in [1.82, 2.24) is 9.80 Å². The summed E-state index contributed by atoms with van der Waals surface area (Å²) >= 11 is 0. The van der Waals surface area contributed by atoms with E-state index in [0.717, 1.165) is 12.1 Å². The highest BCUT2D eigenvalue weighted by Crippen LogP contribution is 2.56. The van der Waals surface area contributed by atoms with E-state index in [1.165, 1.54) is 113 Å². The molecule has 4 nitrogen and oxygen atoms in total. The number of nitrogens with zero attached hydrogens (tertiary/aromatic N) is 4. The summed E-state index contributed by atoms with van der Waals surface area (Å²) in [5.41, 5.74) is 0. The van der Waals surface area contributed by atoms with E-state index in [2.05, 4.69) is 37.5 Å². The van der Waals surface area contributed by atoms with Gasteiger partial charge in [-0.15, -0.1) is 0 Å². The van der Waals surface area contributed by atoms with Crippen molar-refractivity contribution >= 4 is 0 Å². The van der Waals surface area contributed by atoms with E-state index in [1.54, 1.807) is 0 Å². The molecule has 156 valence electrons. The average Bonchev–Trinajstić information content (AvgIpc) is 3.42. The number of hydrogen-bond acceptors (Lipinski definition) is 2. The summed E-state index contributed by atoms with van der Waals surface area (Å²) in [6, 6.07) is 1.66. The molecule has 27 heavy (non-hydrogen) atoms. The van der Waals surface area contributed by atoms with Crippen LogP contribution in [0.25, 0.3) is 0 Å². The van der Waals surface area contributed by atoms with Crippen LogP contribution in [0, 0.1) is 0 Å². The van der Waals surface area contributed by atoms with E-state index >= 15 is 0 Å². The van der Waals surface area contributed by atoms with Crippen molar-refractivity contribution in [3.8, 4) is 0 Å². The van der Waals surface area contributed by atoms with Gasteiger partial charge in [0.2, 0.25) is 0 Å². The first-order chi connectivity index (χ1) is 13.2. The summed E-state index contributed by atoms with van der Waals surface area (Å²) < 4.78 is 2.85. The fourth-order valence-electron chi connectivity index (χ4n) is 8.41. The Morgan fingerprint density at radius 1 is 0.815 bits per heavy atom. The smallest absolute Gasteiger partial charge is 0.241 e. The Balaban J connectivity index is 1.90. The van der Waals surface area contributed by atoms with Crippen molar-refractivity contribution in [2.24, 2.45) is 0 Å². The van der Waals surface area contributed by atoms with E-state index in [9.17, 15) is 0 Å². The van der Waals surface area contributed by atoms with Gasteiger partial charge in [-0.2, -0.15) is 9.80 Å². The second kappa shape index (κ2) is 7.59. The molecular weight excluding hydrogens is 332 g/mol. The highest BCUT2D eigenvalue weighted by Gasteiger charge is 2.81. The molecule has 4 heterocycles. The monoisotopic (exact) mass is 378 g/mol. The predicted octanol–water partition coefficient (Wildman–Crippen LogP) is 3.83. The first-order valence-electron chi connectivity index (χ1n) is 12.4. The van der Waals surface area contributed by atoms with Gasteiger partial charge in [-0.05, 0) is 6.42 Å². The molecule has 0 aromatic heterocycles. The standard InChI is InChI=1S/C23H46N4/c1-5-13-21-20-26(15-9-10-16-26)23(25(21)8-4)24(7-3)19-22(14-6-2)27(23)17-11-12-18-27/h21-22H,5-20H2,1-4H3/q+2. The number of rotatable bonds is 6. The quantitative estimate of drug-likeness (QED) is 0.648. The number of likely N-dealkylation sites (N-methyl/N-ethyl adjacent to an activating group) is 2. The Labute approximate surface area is 168 Å². The lowest BCUT2D eigenvalue weighted by Gasteiger charge is -2.57. The Bertz CT molecular complexity index is 509. The zero-order valence-electron chi connectivity index (χ0n) is 18.8. The van der Waals surface area contributed by atoms with Crippen LogP contribution in [0.5, 0.6) is 0 Å². The lowest BCUT2D eigenvalue weighted by Crippen LogP contribution is -2.83. The van der Waals surface area contributed by atoms with Crippen LogP contribution >= 0.6 is 0 Å². The van der Waals surface area contributed by atoms with Crippen molar-refractivity contribution in [1.29, 1.82) is 0 Å². The van der Waals surface area contributed by atoms with Crippen molar-refractivity contribution in [3.05, 3.63) is 0 Å². The molecular formula is C23H46N4+2. The van der Waals surface area contributed by atoms with E-state index in [-0.39, 0.29) is 5.91 Å². The normalized spacial score (nSPS) is 38.2. The largest absolute Gasteiger partial charge is 0.357 e. The molecule has 4 heteroatoms. The summed E-state index contributed by atoms with van der Waals surface area (Å²) in [5.74, 6) is 0.260. The molecule has 3 spiro atoms. The van der Waals surface area contributed by atoms with Crippen molar-refractivity contribution in [3.63, 3.8) is 0 Å². The molecule has 0 aromatic rings. The van der Waals surface area contributed by atoms with Gasteiger partial charge in [0, 0.05) is 45.2 Å². The second-order valence-electron chi connectivity index (χ2n) is 9.98. The molecule has 3 unspecified atom stereocenters. The fraction of sp³-hybridized carbons (Fsp3) is 1.00. The Hall–Kier alpha value is -0.160. The molecule has 0 aromatic carbocycles. The van der Waals surface area contributed by atoms with E-state index in [1.807, 2.05) is 0 Å². The summed E-state index contributed by atoms with van der Waals surface area (Å²) in [7, 11) is 0. The molecule has 4 fully saturated rings. The second-order valence-corrected chi connectivity index (χ2v) is 9.98. The molecule has 0 bridgehead atoms. The minimum absolute atomic E-state index is 0.260. The lowest BCUT2D eigenvalue weighted by atomic mass is 10.1. The van der Waals surface area contributed by atoms with Crippen molar-refractivity contribution < 1.29 is 8.97 Å². The predicted molar refractivity (Wildman–Crippen MR) is 113 cm³/mol. The summed E-state index contributed by atoms with van der Waals surface area (Å²) in [5, 5.41) is 0. The molecule has 0 saturated carbocycles. The molecule has 0 radical (unpaired) electrons. The van der Waals surface area contributed by atoms with Gasteiger partial charge in [0.15, 0.2) is 0 Å². The number of hydrogen-bond donors (Lipinski definition) is 0. The molecule has 4 aliphatic heterocycles. The van der Waals surface area contributed by atoms with Crippen LogP contribution in [-0.4, -0.2) is 89.1 Å². The maximum atomic E-state index is 3.08. The van der Waals surface area contributed by atoms with Gasteiger partial charge in [0.25, 0.3) is 0 Å². The lowest BCUT2D eigenvalue weighted by molar-refractivity contribution is -1.17. The molecule has 0 N–H and O–H groups in total. The minimum Gasteiger partial charge on any atom is -0.241 e. The Kier molecular flexibility index (Phi) is 5.66. The first-order valence-corrected chi connectivity index (χ1v) is 12.4. The number of fused-ring (bicyclic) bond motifs is 2. The van der Waals surface area contributed by atoms with Crippen LogP contribution in [0.2, 0.25) is 0 Å². The first kappa shape index (κ1) is 20.1. The molecule has 4 aliphatic rings. The highest BCUT2D eigenvalue weighted by atomic mass is 15.9. The van der Waals surface area contributed by atoms with Gasteiger partial charge in [0.05, 0.1) is 38.8 Å². The topological polar surface area (TPSA) is 6.48 Å². The molecule has 3 atom stereocenters. The van der Waals surface area contributed by atoms with Crippen molar-refractivity contribution in [2.45, 2.75) is 97.1 Å². The maximum Gasteiger partial charge on any atom is 0.357 e. The van der Waals surface area contributed by atoms with Gasteiger partial charge in [-0.1, -0.05) is 40.5 Å². The van der Waals surface area contributed by atoms with Gasteiger partial charge < -0.3 is 0 Å². The Morgan fingerprint density at radius 3 is 2.00 bits per heavy atom. The van der Waals surface area contributed by atoms with Crippen LogP contribution < -0.4 is 0 Å². The average molecular weight is 379 g/mol. The maximum absolute atomic E-state index is 3.08. The third-order valence-electron chi connectivity index (χ3n) is 8.93. The molecule has 0 aliphatic carbocycles. The Morgan fingerprint density at radius 2 is 1.44 bits per heavy atom. The zero-order valence-corrected chi connectivity index (χ0v) is 18.8. The van der Waals surface area contributed by atoms with Crippen LogP contribution in [0.4, 0.5) is 0 Å². The SMILES string of the molecule is CCCC1C[N+]2(CCCC2)C2(N(CC)CC(CCC)[N+]23CCCC3)N1CC. The molecule has 4 rings (SSSR count).